The third kappa shape index (κ3) is 4.41. The quantitative estimate of drug-likeness (QED) is 0.801. The van der Waals surface area contributed by atoms with Crippen LogP contribution in [0.3, 0.4) is 0 Å². The summed E-state index contributed by atoms with van der Waals surface area (Å²) in [5, 5.41) is 5.24. The maximum atomic E-state index is 12.8. The Hall–Kier alpha value is -2.69. The third-order valence-electron chi connectivity index (χ3n) is 3.04. The molecular weight excluding hydrogens is 283 g/mol. The van der Waals surface area contributed by atoms with Crippen molar-refractivity contribution in [3.05, 3.63) is 59.9 Å². The molecule has 0 aromatic heterocycles. The number of anilines is 2. The van der Waals surface area contributed by atoms with E-state index < -0.39 is 6.03 Å². The minimum absolute atomic E-state index is 0.0878. The Morgan fingerprint density at radius 1 is 0.909 bits per heavy atom. The van der Waals surface area contributed by atoms with Gasteiger partial charge in [0.05, 0.1) is 0 Å². The molecule has 0 spiro atoms. The molecule has 5 heteroatoms. The number of benzene rings is 2. The summed E-state index contributed by atoms with van der Waals surface area (Å²) in [4.78, 5) is 23.5. The van der Waals surface area contributed by atoms with Crippen molar-refractivity contribution in [2.45, 2.75) is 19.8 Å². The highest BCUT2D eigenvalue weighted by Gasteiger charge is 2.06. The van der Waals surface area contributed by atoms with Gasteiger partial charge in [0.2, 0.25) is 0 Å². The average Bonchev–Trinajstić information content (AvgIpc) is 2.50. The van der Waals surface area contributed by atoms with E-state index in [1.54, 1.807) is 24.3 Å². The first kappa shape index (κ1) is 15.7. The second-order valence-corrected chi connectivity index (χ2v) is 4.84. The van der Waals surface area contributed by atoms with Crippen molar-refractivity contribution in [2.75, 3.05) is 10.6 Å². The Morgan fingerprint density at radius 3 is 1.91 bits per heavy atom. The molecule has 0 fully saturated rings. The van der Waals surface area contributed by atoms with E-state index in [0.717, 1.165) is 6.42 Å². The van der Waals surface area contributed by atoms with Crippen molar-refractivity contribution in [2.24, 2.45) is 0 Å². The molecule has 0 radical (unpaired) electrons. The minimum atomic E-state index is -0.431. The zero-order valence-corrected chi connectivity index (χ0v) is 12.2. The van der Waals surface area contributed by atoms with Crippen LogP contribution in [0.1, 0.15) is 30.1 Å². The summed E-state index contributed by atoms with van der Waals surface area (Å²) in [6, 6.07) is 11.8. The molecule has 0 unspecified atom stereocenters. The predicted octanol–water partition coefficient (Wildman–Crippen LogP) is 4.45. The lowest BCUT2D eigenvalue weighted by Crippen LogP contribution is -2.19. The van der Waals surface area contributed by atoms with Gasteiger partial charge < -0.3 is 10.6 Å². The molecule has 2 aromatic rings. The number of rotatable bonds is 5. The summed E-state index contributed by atoms with van der Waals surface area (Å²) in [7, 11) is 0. The molecule has 2 N–H and O–H groups in total. The van der Waals surface area contributed by atoms with Gasteiger partial charge in [-0.15, -0.1) is 0 Å². The molecule has 0 aliphatic heterocycles. The number of halogens is 1. The zero-order chi connectivity index (χ0) is 15.9. The predicted molar refractivity (Wildman–Crippen MR) is 84.7 cm³/mol. The van der Waals surface area contributed by atoms with Crippen LogP contribution in [0.4, 0.5) is 20.6 Å². The van der Waals surface area contributed by atoms with Crippen LogP contribution in [0, 0.1) is 5.82 Å². The number of hydrogen-bond acceptors (Lipinski definition) is 2. The highest BCUT2D eigenvalue weighted by Crippen LogP contribution is 2.13. The SMILES string of the molecule is CCCC(=O)c1ccc(NC(=O)Nc2ccc(F)cc2)cc1. The summed E-state index contributed by atoms with van der Waals surface area (Å²) in [6.07, 6.45) is 1.32. The first-order chi connectivity index (χ1) is 10.6. The number of ketones is 1. The van der Waals surface area contributed by atoms with Gasteiger partial charge in [-0.2, -0.15) is 0 Å². The van der Waals surface area contributed by atoms with Crippen molar-refractivity contribution >= 4 is 23.2 Å². The molecule has 0 bridgehead atoms. The van der Waals surface area contributed by atoms with Crippen LogP contribution in [0.25, 0.3) is 0 Å². The lowest BCUT2D eigenvalue weighted by Gasteiger charge is -2.08. The summed E-state index contributed by atoms with van der Waals surface area (Å²) in [5.74, 6) is -0.275. The zero-order valence-electron chi connectivity index (χ0n) is 12.2. The van der Waals surface area contributed by atoms with Gasteiger partial charge in [-0.25, -0.2) is 9.18 Å². The summed E-state index contributed by atoms with van der Waals surface area (Å²) < 4.78 is 12.8. The van der Waals surface area contributed by atoms with Crippen molar-refractivity contribution < 1.29 is 14.0 Å². The number of carbonyl (C=O) groups excluding carboxylic acids is 2. The Balaban J connectivity index is 1.94. The van der Waals surface area contributed by atoms with Gasteiger partial charge in [-0.3, -0.25) is 4.79 Å². The van der Waals surface area contributed by atoms with Crippen LogP contribution in [-0.2, 0) is 0 Å². The van der Waals surface area contributed by atoms with E-state index in [1.807, 2.05) is 6.92 Å². The van der Waals surface area contributed by atoms with E-state index >= 15 is 0 Å². The molecular formula is C17H17FN2O2. The molecule has 0 heterocycles. The van der Waals surface area contributed by atoms with E-state index in [2.05, 4.69) is 10.6 Å². The van der Waals surface area contributed by atoms with Gasteiger partial charge in [0.1, 0.15) is 5.82 Å². The van der Waals surface area contributed by atoms with Crippen LogP contribution in [0.2, 0.25) is 0 Å². The molecule has 2 rings (SSSR count). The van der Waals surface area contributed by atoms with E-state index in [0.29, 0.717) is 23.4 Å². The van der Waals surface area contributed by atoms with E-state index in [-0.39, 0.29) is 11.6 Å². The van der Waals surface area contributed by atoms with Crippen molar-refractivity contribution in [1.82, 2.24) is 0 Å². The lowest BCUT2D eigenvalue weighted by atomic mass is 10.1. The Bertz CT molecular complexity index is 651. The average molecular weight is 300 g/mol. The molecule has 4 nitrogen and oxygen atoms in total. The molecule has 0 aliphatic carbocycles. The largest absolute Gasteiger partial charge is 0.323 e. The maximum absolute atomic E-state index is 12.8. The fourth-order valence-corrected chi connectivity index (χ4v) is 1.94. The number of carbonyl (C=O) groups is 2. The van der Waals surface area contributed by atoms with Gasteiger partial charge in [0, 0.05) is 23.4 Å². The van der Waals surface area contributed by atoms with Crippen LogP contribution in [-0.4, -0.2) is 11.8 Å². The summed E-state index contributed by atoms with van der Waals surface area (Å²) in [5.41, 5.74) is 1.70. The van der Waals surface area contributed by atoms with Crippen molar-refractivity contribution in [1.29, 1.82) is 0 Å². The van der Waals surface area contributed by atoms with E-state index in [4.69, 9.17) is 0 Å². The van der Waals surface area contributed by atoms with Crippen LogP contribution < -0.4 is 10.6 Å². The van der Waals surface area contributed by atoms with Crippen molar-refractivity contribution in [3.63, 3.8) is 0 Å². The summed E-state index contributed by atoms with van der Waals surface area (Å²) >= 11 is 0. The fraction of sp³-hybridized carbons (Fsp3) is 0.176. The topological polar surface area (TPSA) is 58.2 Å². The minimum Gasteiger partial charge on any atom is -0.308 e. The highest BCUT2D eigenvalue weighted by molar-refractivity contribution is 6.00. The highest BCUT2D eigenvalue weighted by atomic mass is 19.1. The molecule has 114 valence electrons. The first-order valence-electron chi connectivity index (χ1n) is 7.05. The standard InChI is InChI=1S/C17H17FN2O2/c1-2-3-16(21)12-4-8-14(9-5-12)19-17(22)20-15-10-6-13(18)7-11-15/h4-11H,2-3H2,1H3,(H2,19,20,22). The monoisotopic (exact) mass is 300 g/mol. The molecule has 22 heavy (non-hydrogen) atoms. The van der Waals surface area contributed by atoms with Crippen LogP contribution >= 0.6 is 0 Å². The van der Waals surface area contributed by atoms with Crippen LogP contribution in [0.15, 0.2) is 48.5 Å². The second kappa shape index (κ2) is 7.36. The van der Waals surface area contributed by atoms with Gasteiger partial charge in [0.25, 0.3) is 0 Å². The Labute approximate surface area is 128 Å². The molecule has 2 amide bonds. The van der Waals surface area contributed by atoms with Gasteiger partial charge in [-0.05, 0) is 55.0 Å². The van der Waals surface area contributed by atoms with Crippen molar-refractivity contribution in [3.8, 4) is 0 Å². The number of hydrogen-bond donors (Lipinski definition) is 2. The maximum Gasteiger partial charge on any atom is 0.323 e. The fourth-order valence-electron chi connectivity index (χ4n) is 1.94. The smallest absolute Gasteiger partial charge is 0.308 e. The first-order valence-corrected chi connectivity index (χ1v) is 7.05. The molecule has 0 saturated heterocycles. The van der Waals surface area contributed by atoms with E-state index in [9.17, 15) is 14.0 Å². The molecule has 0 atom stereocenters. The number of urea groups is 1. The Kier molecular flexibility index (Phi) is 5.25. The lowest BCUT2D eigenvalue weighted by molar-refractivity contribution is 0.0982. The summed E-state index contributed by atoms with van der Waals surface area (Å²) in [6.45, 7) is 1.95. The van der Waals surface area contributed by atoms with E-state index in [1.165, 1.54) is 24.3 Å². The molecule has 0 saturated carbocycles. The van der Waals surface area contributed by atoms with Crippen LogP contribution in [0.5, 0.6) is 0 Å². The normalized spacial score (nSPS) is 10.1. The number of Topliss-reactive ketones (excluding diaryl/α,β-unsaturated/α-hetero) is 1. The number of amides is 2. The molecule has 0 aliphatic rings. The second-order valence-electron chi connectivity index (χ2n) is 4.84. The van der Waals surface area contributed by atoms with Gasteiger partial charge >= 0.3 is 6.03 Å². The Morgan fingerprint density at radius 2 is 1.41 bits per heavy atom. The van der Waals surface area contributed by atoms with Gasteiger partial charge in [-0.1, -0.05) is 6.92 Å². The third-order valence-corrected chi connectivity index (χ3v) is 3.04. The molecule has 2 aromatic carbocycles. The number of nitrogens with one attached hydrogen (secondary N) is 2. The van der Waals surface area contributed by atoms with Gasteiger partial charge in [0.15, 0.2) is 5.78 Å².